The smallest absolute Gasteiger partial charge is 0.251 e. The number of nitrogens with zero attached hydrogens (tertiary/aromatic N) is 2. The minimum Gasteiger partial charge on any atom is -0.349 e. The first-order valence-electron chi connectivity index (χ1n) is 11.2. The normalized spacial score (nSPS) is 19.3. The van der Waals surface area contributed by atoms with Crippen molar-refractivity contribution in [2.75, 3.05) is 24.5 Å². The Balaban J connectivity index is 1.28. The predicted molar refractivity (Wildman–Crippen MR) is 120 cm³/mol. The molecule has 3 amide bonds. The van der Waals surface area contributed by atoms with E-state index in [1.807, 2.05) is 24.3 Å². The van der Waals surface area contributed by atoms with Gasteiger partial charge >= 0.3 is 0 Å². The van der Waals surface area contributed by atoms with Gasteiger partial charge in [-0.25, -0.2) is 4.39 Å². The number of hydrogen-bond donors (Lipinski definition) is 1. The molecule has 0 radical (unpaired) electrons. The van der Waals surface area contributed by atoms with Gasteiger partial charge in [0.15, 0.2) is 0 Å². The van der Waals surface area contributed by atoms with E-state index in [1.54, 1.807) is 21.9 Å². The molecule has 168 valence electrons. The third-order valence-corrected chi connectivity index (χ3v) is 6.38. The van der Waals surface area contributed by atoms with Crippen LogP contribution < -0.4 is 10.2 Å². The Morgan fingerprint density at radius 3 is 2.31 bits per heavy atom. The van der Waals surface area contributed by atoms with Gasteiger partial charge < -0.3 is 15.1 Å². The molecule has 2 aromatic carbocycles. The molecule has 32 heavy (non-hydrogen) atoms. The molecule has 1 atom stereocenters. The summed E-state index contributed by atoms with van der Waals surface area (Å²) in [7, 11) is 0. The van der Waals surface area contributed by atoms with Gasteiger partial charge in [-0.3, -0.25) is 14.4 Å². The van der Waals surface area contributed by atoms with E-state index in [1.165, 1.54) is 17.7 Å². The molecule has 0 bridgehead atoms. The molecule has 2 fully saturated rings. The zero-order valence-corrected chi connectivity index (χ0v) is 18.2. The summed E-state index contributed by atoms with van der Waals surface area (Å²) in [6, 6.07) is 13.4. The Labute approximate surface area is 187 Å². The fourth-order valence-electron chi connectivity index (χ4n) is 4.41. The quantitative estimate of drug-likeness (QED) is 0.781. The van der Waals surface area contributed by atoms with E-state index in [0.717, 1.165) is 6.42 Å². The van der Waals surface area contributed by atoms with Crippen molar-refractivity contribution < 1.29 is 18.8 Å². The van der Waals surface area contributed by atoms with E-state index in [-0.39, 0.29) is 36.0 Å². The molecular formula is C25H28FN3O3. The van der Waals surface area contributed by atoms with Crippen molar-refractivity contribution in [3.05, 3.63) is 65.5 Å². The molecule has 0 saturated carbocycles. The average molecular weight is 438 g/mol. The van der Waals surface area contributed by atoms with Crippen LogP contribution in [-0.4, -0.2) is 48.3 Å². The van der Waals surface area contributed by atoms with E-state index >= 15 is 0 Å². The van der Waals surface area contributed by atoms with Crippen molar-refractivity contribution in [1.82, 2.24) is 10.2 Å². The number of anilines is 1. The van der Waals surface area contributed by atoms with Crippen molar-refractivity contribution in [3.8, 4) is 0 Å². The lowest BCUT2D eigenvalue weighted by molar-refractivity contribution is -0.136. The zero-order chi connectivity index (χ0) is 22.7. The SMILES string of the molecule is CCc1ccc(C(=O)NC2CCN(C(=O)[C@@H]3CC(=O)N(c4ccc(F)cc4)C3)CC2)cc1. The molecule has 0 aromatic heterocycles. The van der Waals surface area contributed by atoms with Crippen LogP contribution in [0.15, 0.2) is 48.5 Å². The van der Waals surface area contributed by atoms with E-state index in [0.29, 0.717) is 43.7 Å². The molecule has 2 heterocycles. The number of aryl methyl sites for hydroxylation is 1. The van der Waals surface area contributed by atoms with Crippen LogP contribution in [0.5, 0.6) is 0 Å². The summed E-state index contributed by atoms with van der Waals surface area (Å²) in [5.74, 6) is -0.986. The van der Waals surface area contributed by atoms with E-state index in [2.05, 4.69) is 12.2 Å². The molecule has 4 rings (SSSR count). The number of carbonyl (C=O) groups excluding carboxylic acids is 3. The summed E-state index contributed by atoms with van der Waals surface area (Å²) < 4.78 is 13.2. The molecule has 0 spiro atoms. The topological polar surface area (TPSA) is 69.7 Å². The second-order valence-electron chi connectivity index (χ2n) is 8.51. The van der Waals surface area contributed by atoms with Gasteiger partial charge in [-0.2, -0.15) is 0 Å². The molecule has 6 nitrogen and oxygen atoms in total. The molecule has 0 aliphatic carbocycles. The maximum absolute atomic E-state index is 13.2. The van der Waals surface area contributed by atoms with Crippen molar-refractivity contribution in [2.24, 2.45) is 5.92 Å². The zero-order valence-electron chi connectivity index (χ0n) is 18.2. The number of carbonyl (C=O) groups is 3. The lowest BCUT2D eigenvalue weighted by Gasteiger charge is -2.33. The number of halogens is 1. The fraction of sp³-hybridized carbons (Fsp3) is 0.400. The monoisotopic (exact) mass is 437 g/mol. The number of likely N-dealkylation sites (tertiary alicyclic amines) is 1. The first kappa shape index (κ1) is 22.0. The van der Waals surface area contributed by atoms with Crippen molar-refractivity contribution in [1.29, 1.82) is 0 Å². The van der Waals surface area contributed by atoms with Crippen LogP contribution in [0.2, 0.25) is 0 Å². The Morgan fingerprint density at radius 2 is 1.69 bits per heavy atom. The first-order chi connectivity index (χ1) is 15.4. The molecular weight excluding hydrogens is 409 g/mol. The van der Waals surface area contributed by atoms with Crippen molar-refractivity contribution in [3.63, 3.8) is 0 Å². The third kappa shape index (κ3) is 4.82. The highest BCUT2D eigenvalue weighted by atomic mass is 19.1. The van der Waals surface area contributed by atoms with Crippen LogP contribution in [0.1, 0.15) is 42.1 Å². The highest BCUT2D eigenvalue weighted by molar-refractivity contribution is 6.00. The number of hydrogen-bond acceptors (Lipinski definition) is 3. The van der Waals surface area contributed by atoms with Crippen LogP contribution in [0.3, 0.4) is 0 Å². The molecule has 1 N–H and O–H groups in total. The summed E-state index contributed by atoms with van der Waals surface area (Å²) in [5.41, 5.74) is 2.45. The van der Waals surface area contributed by atoms with Gasteiger partial charge in [0.1, 0.15) is 5.82 Å². The van der Waals surface area contributed by atoms with Crippen LogP contribution in [0, 0.1) is 11.7 Å². The van der Waals surface area contributed by atoms with Gasteiger partial charge in [0.2, 0.25) is 11.8 Å². The number of benzene rings is 2. The summed E-state index contributed by atoms with van der Waals surface area (Å²) >= 11 is 0. The van der Waals surface area contributed by atoms with Gasteiger partial charge in [-0.1, -0.05) is 19.1 Å². The lowest BCUT2D eigenvalue weighted by atomic mass is 10.0. The number of rotatable bonds is 5. The number of piperidine rings is 1. The maximum Gasteiger partial charge on any atom is 0.251 e. The van der Waals surface area contributed by atoms with Gasteiger partial charge in [0.25, 0.3) is 5.91 Å². The second-order valence-corrected chi connectivity index (χ2v) is 8.51. The molecule has 2 aromatic rings. The van der Waals surface area contributed by atoms with Crippen LogP contribution in [0.25, 0.3) is 0 Å². The van der Waals surface area contributed by atoms with Crippen LogP contribution >= 0.6 is 0 Å². The van der Waals surface area contributed by atoms with Gasteiger partial charge in [0, 0.05) is 43.3 Å². The Kier molecular flexibility index (Phi) is 6.53. The fourth-order valence-corrected chi connectivity index (χ4v) is 4.41. The first-order valence-corrected chi connectivity index (χ1v) is 11.2. The lowest BCUT2D eigenvalue weighted by Crippen LogP contribution is -2.48. The summed E-state index contributed by atoms with van der Waals surface area (Å²) in [4.78, 5) is 41.3. The second kappa shape index (κ2) is 9.51. The minimum absolute atomic E-state index is 0.0251. The standard InChI is InChI=1S/C25H28FN3O3/c1-2-17-3-5-18(6-4-17)24(31)27-21-11-13-28(14-12-21)25(32)19-15-23(30)29(16-19)22-9-7-20(26)8-10-22/h3-10,19,21H,2,11-16H2,1H3,(H,27,31)/t19-/m1/s1. The highest BCUT2D eigenvalue weighted by Crippen LogP contribution is 2.27. The van der Waals surface area contributed by atoms with E-state index in [4.69, 9.17) is 0 Å². The summed E-state index contributed by atoms with van der Waals surface area (Å²) in [6.45, 7) is 3.50. The minimum atomic E-state index is -0.393. The molecule has 2 aliphatic rings. The molecule has 2 saturated heterocycles. The predicted octanol–water partition coefficient (Wildman–Crippen LogP) is 3.16. The van der Waals surface area contributed by atoms with Gasteiger partial charge in [-0.15, -0.1) is 0 Å². The molecule has 2 aliphatic heterocycles. The number of amides is 3. The van der Waals surface area contributed by atoms with Crippen molar-refractivity contribution in [2.45, 2.75) is 38.6 Å². The average Bonchev–Trinajstić information content (AvgIpc) is 3.21. The molecule has 7 heteroatoms. The highest BCUT2D eigenvalue weighted by Gasteiger charge is 2.38. The van der Waals surface area contributed by atoms with E-state index in [9.17, 15) is 18.8 Å². The summed E-state index contributed by atoms with van der Waals surface area (Å²) in [6.07, 6.45) is 2.48. The maximum atomic E-state index is 13.2. The van der Waals surface area contributed by atoms with Crippen LogP contribution in [-0.2, 0) is 16.0 Å². The largest absolute Gasteiger partial charge is 0.349 e. The number of nitrogens with one attached hydrogen (secondary N) is 1. The Morgan fingerprint density at radius 1 is 1.03 bits per heavy atom. The van der Waals surface area contributed by atoms with Crippen LogP contribution in [0.4, 0.5) is 10.1 Å². The van der Waals surface area contributed by atoms with Gasteiger partial charge in [-0.05, 0) is 61.2 Å². The third-order valence-electron chi connectivity index (χ3n) is 6.38. The van der Waals surface area contributed by atoms with E-state index < -0.39 is 5.92 Å². The van der Waals surface area contributed by atoms with Crippen molar-refractivity contribution >= 4 is 23.4 Å². The van der Waals surface area contributed by atoms with Gasteiger partial charge in [0.05, 0.1) is 5.92 Å². The Bertz CT molecular complexity index is 982. The molecule has 0 unspecified atom stereocenters. The summed E-state index contributed by atoms with van der Waals surface area (Å²) in [5, 5.41) is 3.07. The Hall–Kier alpha value is -3.22.